The molecule has 0 heterocycles. The largest absolute Gasteiger partial charge is 0.465 e. The molecular weight excluding hydrogens is 290 g/mol. The summed E-state index contributed by atoms with van der Waals surface area (Å²) in [4.78, 5) is 34.8. The highest BCUT2D eigenvalue weighted by Crippen LogP contribution is 2.10. The number of hydrogen-bond donors (Lipinski definition) is 1. The van der Waals surface area contributed by atoms with Crippen LogP contribution in [0.2, 0.25) is 0 Å². The first-order valence-electron chi connectivity index (χ1n) is 7.47. The molecule has 0 aromatic heterocycles. The van der Waals surface area contributed by atoms with Crippen LogP contribution in [-0.4, -0.2) is 49.3 Å². The smallest absolute Gasteiger partial charge is 0.323 e. The van der Waals surface area contributed by atoms with Gasteiger partial charge in [-0.3, -0.25) is 19.7 Å². The number of nitrogens with one attached hydrogen (secondary N) is 1. The Balaban J connectivity index is 4.44. The van der Waals surface area contributed by atoms with Crippen LogP contribution < -0.4 is 5.32 Å². The molecule has 1 unspecified atom stereocenters. The maximum absolute atomic E-state index is 11.8. The second kappa shape index (κ2) is 10.2. The van der Waals surface area contributed by atoms with E-state index in [1.807, 2.05) is 0 Å². The van der Waals surface area contributed by atoms with Crippen molar-refractivity contribution in [1.29, 1.82) is 0 Å². The van der Waals surface area contributed by atoms with Gasteiger partial charge in [0.15, 0.2) is 0 Å². The standard InChI is InChI=1S/C15H27NO6/c1-6-20-13(18)10-16-11(14(19)21-7-2)8-9-12(17)22-15(3,4)5/h11,16H,6-10H2,1-5H3. The fourth-order valence-electron chi connectivity index (χ4n) is 1.62. The SMILES string of the molecule is CCOC(=O)CNC(CCC(=O)OC(C)(C)C)C(=O)OCC. The fraction of sp³-hybridized carbons (Fsp3) is 0.800. The van der Waals surface area contributed by atoms with Crippen molar-refractivity contribution in [2.75, 3.05) is 19.8 Å². The molecule has 0 spiro atoms. The highest BCUT2D eigenvalue weighted by Gasteiger charge is 2.23. The molecule has 1 N–H and O–H groups in total. The zero-order chi connectivity index (χ0) is 17.2. The number of esters is 3. The average Bonchev–Trinajstić information content (AvgIpc) is 2.37. The van der Waals surface area contributed by atoms with E-state index < -0.39 is 29.6 Å². The molecule has 0 amide bonds. The molecule has 7 heteroatoms. The summed E-state index contributed by atoms with van der Waals surface area (Å²) in [6, 6.07) is -0.753. The van der Waals surface area contributed by atoms with Crippen molar-refractivity contribution >= 4 is 17.9 Å². The number of rotatable bonds is 9. The molecule has 0 radical (unpaired) electrons. The summed E-state index contributed by atoms with van der Waals surface area (Å²) in [7, 11) is 0. The maximum Gasteiger partial charge on any atom is 0.323 e. The Morgan fingerprint density at radius 3 is 2.09 bits per heavy atom. The zero-order valence-electron chi connectivity index (χ0n) is 14.1. The Morgan fingerprint density at radius 2 is 1.59 bits per heavy atom. The van der Waals surface area contributed by atoms with Gasteiger partial charge in [0.25, 0.3) is 0 Å². The topological polar surface area (TPSA) is 90.9 Å². The van der Waals surface area contributed by atoms with E-state index in [0.29, 0.717) is 0 Å². The summed E-state index contributed by atoms with van der Waals surface area (Å²) in [5, 5.41) is 2.75. The first kappa shape index (κ1) is 20.4. The highest BCUT2D eigenvalue weighted by atomic mass is 16.6. The van der Waals surface area contributed by atoms with Crippen LogP contribution in [-0.2, 0) is 28.6 Å². The van der Waals surface area contributed by atoms with Gasteiger partial charge in [0.05, 0.1) is 19.8 Å². The van der Waals surface area contributed by atoms with E-state index in [9.17, 15) is 14.4 Å². The molecular formula is C15H27NO6. The zero-order valence-corrected chi connectivity index (χ0v) is 14.1. The minimum Gasteiger partial charge on any atom is -0.465 e. The Hall–Kier alpha value is -1.63. The van der Waals surface area contributed by atoms with Crippen LogP contribution in [0, 0.1) is 0 Å². The van der Waals surface area contributed by atoms with Crippen LogP contribution in [0.15, 0.2) is 0 Å². The van der Waals surface area contributed by atoms with Gasteiger partial charge in [0, 0.05) is 6.42 Å². The van der Waals surface area contributed by atoms with Gasteiger partial charge in [0.1, 0.15) is 11.6 Å². The summed E-state index contributed by atoms with van der Waals surface area (Å²) in [5.74, 6) is -1.37. The minimum atomic E-state index is -0.753. The molecule has 0 saturated carbocycles. The first-order chi connectivity index (χ1) is 10.2. The molecule has 0 aliphatic carbocycles. The van der Waals surface area contributed by atoms with Crippen LogP contribution in [0.3, 0.4) is 0 Å². The van der Waals surface area contributed by atoms with Crippen molar-refractivity contribution in [2.45, 2.75) is 59.1 Å². The van der Waals surface area contributed by atoms with E-state index in [-0.39, 0.29) is 32.6 Å². The highest BCUT2D eigenvalue weighted by molar-refractivity contribution is 5.79. The van der Waals surface area contributed by atoms with Gasteiger partial charge < -0.3 is 14.2 Å². The molecule has 0 aromatic rings. The van der Waals surface area contributed by atoms with Crippen LogP contribution in [0.5, 0.6) is 0 Å². The molecule has 7 nitrogen and oxygen atoms in total. The second-order valence-electron chi connectivity index (χ2n) is 5.62. The first-order valence-corrected chi connectivity index (χ1v) is 7.47. The number of hydrogen-bond acceptors (Lipinski definition) is 7. The van der Waals surface area contributed by atoms with Crippen LogP contribution in [0.25, 0.3) is 0 Å². The van der Waals surface area contributed by atoms with Crippen molar-refractivity contribution < 1.29 is 28.6 Å². The Labute approximate surface area is 131 Å². The molecule has 22 heavy (non-hydrogen) atoms. The summed E-state index contributed by atoms with van der Waals surface area (Å²) >= 11 is 0. The molecule has 0 bridgehead atoms. The molecule has 0 aliphatic rings. The lowest BCUT2D eigenvalue weighted by Gasteiger charge is -2.21. The van der Waals surface area contributed by atoms with Crippen molar-refractivity contribution in [3.05, 3.63) is 0 Å². The molecule has 0 aliphatic heterocycles. The average molecular weight is 317 g/mol. The lowest BCUT2D eigenvalue weighted by atomic mass is 10.1. The second-order valence-corrected chi connectivity index (χ2v) is 5.62. The van der Waals surface area contributed by atoms with E-state index in [0.717, 1.165) is 0 Å². The predicted octanol–water partition coefficient (Wildman–Crippen LogP) is 1.19. The van der Waals surface area contributed by atoms with Gasteiger partial charge in [0.2, 0.25) is 0 Å². The molecule has 0 fully saturated rings. The van der Waals surface area contributed by atoms with Gasteiger partial charge in [-0.15, -0.1) is 0 Å². The van der Waals surface area contributed by atoms with Crippen molar-refractivity contribution in [1.82, 2.24) is 5.32 Å². The van der Waals surface area contributed by atoms with Gasteiger partial charge in [-0.05, 0) is 41.0 Å². The van der Waals surface area contributed by atoms with Crippen LogP contribution in [0.1, 0.15) is 47.5 Å². The predicted molar refractivity (Wildman–Crippen MR) is 80.1 cm³/mol. The summed E-state index contributed by atoms with van der Waals surface area (Å²) in [5.41, 5.74) is -0.575. The Morgan fingerprint density at radius 1 is 1.00 bits per heavy atom. The van der Waals surface area contributed by atoms with Crippen molar-refractivity contribution in [3.63, 3.8) is 0 Å². The summed E-state index contributed by atoms with van der Waals surface area (Å²) in [6.07, 6.45) is 0.240. The van der Waals surface area contributed by atoms with Crippen molar-refractivity contribution in [2.24, 2.45) is 0 Å². The lowest BCUT2D eigenvalue weighted by molar-refractivity contribution is -0.155. The van der Waals surface area contributed by atoms with Gasteiger partial charge >= 0.3 is 17.9 Å². The quantitative estimate of drug-likeness (QED) is 0.504. The van der Waals surface area contributed by atoms with Crippen LogP contribution >= 0.6 is 0 Å². The molecule has 0 aromatic carbocycles. The molecule has 0 saturated heterocycles. The molecule has 0 rings (SSSR count). The van der Waals surface area contributed by atoms with E-state index in [1.165, 1.54) is 0 Å². The fourth-order valence-corrected chi connectivity index (χ4v) is 1.62. The van der Waals surface area contributed by atoms with Crippen molar-refractivity contribution in [3.8, 4) is 0 Å². The maximum atomic E-state index is 11.8. The van der Waals surface area contributed by atoms with E-state index in [1.54, 1.807) is 34.6 Å². The number of carbonyl (C=O) groups excluding carboxylic acids is 3. The third-order valence-electron chi connectivity index (χ3n) is 2.43. The third kappa shape index (κ3) is 10.1. The lowest BCUT2D eigenvalue weighted by Crippen LogP contribution is -2.41. The summed E-state index contributed by atoms with van der Waals surface area (Å²) in [6.45, 7) is 9.07. The van der Waals surface area contributed by atoms with Gasteiger partial charge in [-0.2, -0.15) is 0 Å². The van der Waals surface area contributed by atoms with Gasteiger partial charge in [-0.25, -0.2) is 0 Å². The number of ether oxygens (including phenoxy) is 3. The molecule has 1 atom stereocenters. The van der Waals surface area contributed by atoms with E-state index in [4.69, 9.17) is 14.2 Å². The van der Waals surface area contributed by atoms with Gasteiger partial charge in [-0.1, -0.05) is 0 Å². The Bertz CT molecular complexity index is 375. The molecule has 128 valence electrons. The van der Waals surface area contributed by atoms with E-state index >= 15 is 0 Å². The third-order valence-corrected chi connectivity index (χ3v) is 2.43. The van der Waals surface area contributed by atoms with E-state index in [2.05, 4.69) is 5.32 Å². The number of carbonyl (C=O) groups is 3. The summed E-state index contributed by atoms with van der Waals surface area (Å²) < 4.78 is 14.9. The normalized spacial score (nSPS) is 12.4. The Kier molecular flexibility index (Phi) is 9.40. The van der Waals surface area contributed by atoms with Crippen LogP contribution in [0.4, 0.5) is 0 Å². The monoisotopic (exact) mass is 317 g/mol. The minimum absolute atomic E-state index is 0.0522.